The average Bonchev–Trinajstić information content (AvgIpc) is 2.57. The molecule has 1 saturated heterocycles. The average molecular weight is 251 g/mol. The van der Waals surface area contributed by atoms with Crippen LogP contribution in [0.25, 0.3) is 0 Å². The SMILES string of the molecule is CC[C@@]12CC(C)N(I)[C@@H]1C2. The van der Waals surface area contributed by atoms with Crippen LogP contribution in [-0.4, -0.2) is 15.2 Å². The van der Waals surface area contributed by atoms with E-state index in [1.807, 2.05) is 0 Å². The summed E-state index contributed by atoms with van der Waals surface area (Å²) in [4.78, 5) is 0. The van der Waals surface area contributed by atoms with Crippen LogP contribution >= 0.6 is 22.9 Å². The summed E-state index contributed by atoms with van der Waals surface area (Å²) in [6, 6.07) is 1.77. The molecule has 0 N–H and O–H groups in total. The van der Waals surface area contributed by atoms with Crippen molar-refractivity contribution in [3.63, 3.8) is 0 Å². The van der Waals surface area contributed by atoms with E-state index in [4.69, 9.17) is 0 Å². The number of nitrogens with zero attached hydrogens (tertiary/aromatic N) is 1. The maximum Gasteiger partial charge on any atom is 0.0260 e. The molecule has 1 nitrogen and oxygen atoms in total. The summed E-state index contributed by atoms with van der Waals surface area (Å²) >= 11 is 2.49. The van der Waals surface area contributed by atoms with E-state index < -0.39 is 0 Å². The van der Waals surface area contributed by atoms with Crippen LogP contribution in [0.1, 0.15) is 33.1 Å². The maximum absolute atomic E-state index is 2.53. The smallest absolute Gasteiger partial charge is 0.0260 e. The Morgan fingerprint density at radius 3 is 2.60 bits per heavy atom. The quantitative estimate of drug-likeness (QED) is 0.511. The molecule has 1 aliphatic carbocycles. The first-order valence-electron chi connectivity index (χ1n) is 4.14. The predicted molar refractivity (Wildman–Crippen MR) is 51.1 cm³/mol. The number of hydrogen-bond acceptors (Lipinski definition) is 1. The van der Waals surface area contributed by atoms with Gasteiger partial charge in [-0.25, -0.2) is 3.11 Å². The molecule has 2 rings (SSSR count). The summed E-state index contributed by atoms with van der Waals surface area (Å²) in [5.41, 5.74) is 0.764. The van der Waals surface area contributed by atoms with E-state index in [9.17, 15) is 0 Å². The second-order valence-electron chi connectivity index (χ2n) is 3.83. The minimum Gasteiger partial charge on any atom is -0.241 e. The van der Waals surface area contributed by atoms with Crippen molar-refractivity contribution in [3.8, 4) is 0 Å². The zero-order valence-electron chi connectivity index (χ0n) is 6.60. The number of piperidine rings is 1. The van der Waals surface area contributed by atoms with Gasteiger partial charge in [-0.3, -0.25) is 0 Å². The Bertz CT molecular complexity index is 159. The van der Waals surface area contributed by atoms with Crippen LogP contribution in [-0.2, 0) is 0 Å². The van der Waals surface area contributed by atoms with Crippen LogP contribution in [0.3, 0.4) is 0 Å². The Morgan fingerprint density at radius 2 is 2.30 bits per heavy atom. The first-order valence-corrected chi connectivity index (χ1v) is 5.10. The van der Waals surface area contributed by atoms with Gasteiger partial charge in [0, 0.05) is 34.9 Å². The van der Waals surface area contributed by atoms with E-state index in [1.165, 1.54) is 19.3 Å². The van der Waals surface area contributed by atoms with Crippen LogP contribution < -0.4 is 0 Å². The minimum atomic E-state index is 0.764. The molecule has 0 radical (unpaired) electrons. The molecular formula is C8H14IN. The third kappa shape index (κ3) is 0.779. The third-order valence-electron chi connectivity index (χ3n) is 3.27. The Labute approximate surface area is 76.7 Å². The highest BCUT2D eigenvalue weighted by molar-refractivity contribution is 14.1. The summed E-state index contributed by atoms with van der Waals surface area (Å²) in [6.07, 6.45) is 4.30. The molecule has 10 heavy (non-hydrogen) atoms. The first-order chi connectivity index (χ1) is 4.69. The van der Waals surface area contributed by atoms with Crippen molar-refractivity contribution in [2.24, 2.45) is 5.41 Å². The zero-order chi connectivity index (χ0) is 7.35. The largest absolute Gasteiger partial charge is 0.241 e. The summed E-state index contributed by atoms with van der Waals surface area (Å²) in [5.74, 6) is 0. The molecule has 2 fully saturated rings. The number of hydrogen-bond donors (Lipinski definition) is 0. The molecule has 2 aliphatic rings. The molecule has 1 heterocycles. The van der Waals surface area contributed by atoms with E-state index in [2.05, 4.69) is 39.8 Å². The van der Waals surface area contributed by atoms with Gasteiger partial charge in [0.05, 0.1) is 0 Å². The van der Waals surface area contributed by atoms with Crippen molar-refractivity contribution in [2.45, 2.75) is 45.2 Å². The minimum absolute atomic E-state index is 0.764. The molecule has 0 spiro atoms. The molecule has 0 bridgehead atoms. The molecular weight excluding hydrogens is 237 g/mol. The molecule has 1 unspecified atom stereocenters. The van der Waals surface area contributed by atoms with Crippen molar-refractivity contribution in [1.29, 1.82) is 0 Å². The van der Waals surface area contributed by atoms with Gasteiger partial charge in [0.1, 0.15) is 0 Å². The van der Waals surface area contributed by atoms with E-state index >= 15 is 0 Å². The zero-order valence-corrected chi connectivity index (χ0v) is 8.76. The Hall–Kier alpha value is 0.690. The lowest BCUT2D eigenvalue weighted by Gasteiger charge is -2.14. The Kier molecular flexibility index (Phi) is 1.54. The van der Waals surface area contributed by atoms with Gasteiger partial charge < -0.3 is 0 Å². The van der Waals surface area contributed by atoms with Crippen LogP contribution in [0, 0.1) is 5.41 Å². The highest BCUT2D eigenvalue weighted by Gasteiger charge is 2.61. The topological polar surface area (TPSA) is 3.24 Å². The van der Waals surface area contributed by atoms with E-state index in [-0.39, 0.29) is 0 Å². The van der Waals surface area contributed by atoms with Crippen molar-refractivity contribution < 1.29 is 0 Å². The number of fused-ring (bicyclic) bond motifs is 1. The van der Waals surface area contributed by atoms with Gasteiger partial charge in [-0.05, 0) is 31.6 Å². The van der Waals surface area contributed by atoms with Crippen LogP contribution in [0.4, 0.5) is 0 Å². The van der Waals surface area contributed by atoms with E-state index in [0.29, 0.717) is 0 Å². The normalized spacial score (nSPS) is 53.1. The monoisotopic (exact) mass is 251 g/mol. The molecule has 0 aromatic heterocycles. The molecule has 0 amide bonds. The second kappa shape index (κ2) is 2.09. The van der Waals surface area contributed by atoms with Gasteiger partial charge in [0.25, 0.3) is 0 Å². The van der Waals surface area contributed by atoms with Crippen molar-refractivity contribution in [3.05, 3.63) is 0 Å². The summed E-state index contributed by atoms with van der Waals surface area (Å²) in [6.45, 7) is 4.68. The molecule has 1 saturated carbocycles. The number of halogens is 1. The highest BCUT2D eigenvalue weighted by Crippen LogP contribution is 2.62. The lowest BCUT2D eigenvalue weighted by molar-refractivity contribution is 0.425. The Morgan fingerprint density at radius 1 is 1.60 bits per heavy atom. The predicted octanol–water partition coefficient (Wildman–Crippen LogP) is 2.60. The van der Waals surface area contributed by atoms with Crippen LogP contribution in [0.15, 0.2) is 0 Å². The molecule has 0 aromatic rings. The molecule has 3 atom stereocenters. The fourth-order valence-corrected chi connectivity index (χ4v) is 3.39. The highest BCUT2D eigenvalue weighted by atomic mass is 127. The molecule has 58 valence electrons. The maximum atomic E-state index is 2.53. The van der Waals surface area contributed by atoms with Gasteiger partial charge in [-0.1, -0.05) is 6.92 Å². The van der Waals surface area contributed by atoms with Gasteiger partial charge in [-0.2, -0.15) is 0 Å². The number of rotatable bonds is 1. The van der Waals surface area contributed by atoms with Gasteiger partial charge >= 0.3 is 0 Å². The van der Waals surface area contributed by atoms with Crippen LogP contribution in [0.5, 0.6) is 0 Å². The lowest BCUT2D eigenvalue weighted by Crippen LogP contribution is -2.18. The van der Waals surface area contributed by atoms with E-state index in [0.717, 1.165) is 17.5 Å². The second-order valence-corrected chi connectivity index (χ2v) is 4.95. The van der Waals surface area contributed by atoms with Crippen molar-refractivity contribution in [2.75, 3.05) is 0 Å². The van der Waals surface area contributed by atoms with Crippen molar-refractivity contribution >= 4 is 22.9 Å². The summed E-state index contributed by atoms with van der Waals surface area (Å²) in [7, 11) is 0. The summed E-state index contributed by atoms with van der Waals surface area (Å²) in [5, 5.41) is 0. The lowest BCUT2D eigenvalue weighted by atomic mass is 9.98. The molecule has 0 aromatic carbocycles. The fourth-order valence-electron chi connectivity index (χ4n) is 2.40. The van der Waals surface area contributed by atoms with Gasteiger partial charge in [-0.15, -0.1) is 0 Å². The first kappa shape index (κ1) is 7.35. The summed E-state index contributed by atoms with van der Waals surface area (Å²) < 4.78 is 2.53. The fraction of sp³-hybridized carbons (Fsp3) is 1.00. The third-order valence-corrected chi connectivity index (χ3v) is 4.89. The van der Waals surface area contributed by atoms with Gasteiger partial charge in [0.15, 0.2) is 0 Å². The van der Waals surface area contributed by atoms with Crippen LogP contribution in [0.2, 0.25) is 0 Å². The molecule has 2 heteroatoms. The standard InChI is InChI=1S/C8H14IN/c1-3-8-4-6(2)10(9)7(8)5-8/h6-7H,3-5H2,1-2H3/t6?,7-,8+/m1/s1. The van der Waals surface area contributed by atoms with Gasteiger partial charge in [0.2, 0.25) is 0 Å². The van der Waals surface area contributed by atoms with E-state index in [1.54, 1.807) is 0 Å². The molecule has 1 aliphatic heterocycles. The van der Waals surface area contributed by atoms with Crippen molar-refractivity contribution in [1.82, 2.24) is 3.11 Å². The Balaban J connectivity index is 2.11.